The Balaban J connectivity index is 1.73. The molecule has 29 heavy (non-hydrogen) atoms. The fourth-order valence-electron chi connectivity index (χ4n) is 2.80. The third-order valence-electron chi connectivity index (χ3n) is 4.21. The van der Waals surface area contributed by atoms with E-state index in [1.807, 2.05) is 48.5 Å². The van der Waals surface area contributed by atoms with Gasteiger partial charge in [-0.15, -0.1) is 0 Å². The van der Waals surface area contributed by atoms with Crippen molar-refractivity contribution in [2.75, 3.05) is 4.90 Å². The summed E-state index contributed by atoms with van der Waals surface area (Å²) in [6.45, 7) is 0. The number of nitrogens with zero attached hydrogens (tertiary/aromatic N) is 2. The fourth-order valence-corrected chi connectivity index (χ4v) is 3.90. The average molecular weight is 419 g/mol. The van der Waals surface area contributed by atoms with Crippen LogP contribution in [0.3, 0.4) is 0 Å². The number of hydrogen-bond donors (Lipinski definition) is 0. The highest BCUT2D eigenvalue weighted by molar-refractivity contribution is 8.19. The molecule has 1 aliphatic heterocycles. The first-order valence-electron chi connectivity index (χ1n) is 8.84. The molecule has 142 valence electrons. The Bertz CT molecular complexity index is 1110. The number of anilines is 1. The second-order valence-electron chi connectivity index (χ2n) is 6.20. The van der Waals surface area contributed by atoms with Crippen molar-refractivity contribution >= 4 is 52.1 Å². The molecule has 4 nitrogen and oxygen atoms in total. The van der Waals surface area contributed by atoms with Gasteiger partial charge in [-0.1, -0.05) is 60.1 Å². The summed E-state index contributed by atoms with van der Waals surface area (Å²) in [6, 6.07) is 25.2. The molecule has 6 heteroatoms. The van der Waals surface area contributed by atoms with Gasteiger partial charge in [-0.05, 0) is 59.8 Å². The first-order valence-corrected chi connectivity index (χ1v) is 10.0. The standard InChI is InChI=1S/C23H15ClN2O2S/c24-18-13-11-16(12-14-18)15-20-22(28)26(19-9-5-2-6-10-19)23(29-20)25-21(27)17-7-3-1-4-8-17/h1-15H/b20-15+,25-23?. The summed E-state index contributed by atoms with van der Waals surface area (Å²) in [5.74, 6) is -0.620. The lowest BCUT2D eigenvalue weighted by Gasteiger charge is -2.15. The molecule has 0 aromatic heterocycles. The van der Waals surface area contributed by atoms with Crippen LogP contribution in [0.4, 0.5) is 5.69 Å². The lowest BCUT2D eigenvalue weighted by molar-refractivity contribution is -0.113. The van der Waals surface area contributed by atoms with Crippen molar-refractivity contribution < 1.29 is 9.59 Å². The highest BCUT2D eigenvalue weighted by Crippen LogP contribution is 2.36. The average Bonchev–Trinajstić information content (AvgIpc) is 3.05. The van der Waals surface area contributed by atoms with Gasteiger partial charge in [0, 0.05) is 10.6 Å². The van der Waals surface area contributed by atoms with Crippen LogP contribution in [-0.2, 0) is 4.79 Å². The third kappa shape index (κ3) is 4.31. The van der Waals surface area contributed by atoms with Gasteiger partial charge in [-0.3, -0.25) is 14.5 Å². The van der Waals surface area contributed by atoms with Crippen molar-refractivity contribution in [2.24, 2.45) is 4.99 Å². The Kier molecular flexibility index (Phi) is 5.60. The lowest BCUT2D eigenvalue weighted by Crippen LogP contribution is -2.29. The number of hydrogen-bond acceptors (Lipinski definition) is 3. The number of amides is 2. The van der Waals surface area contributed by atoms with Crippen molar-refractivity contribution in [1.29, 1.82) is 0 Å². The van der Waals surface area contributed by atoms with Crippen LogP contribution in [0.25, 0.3) is 6.08 Å². The summed E-state index contributed by atoms with van der Waals surface area (Å²) in [6.07, 6.45) is 1.77. The van der Waals surface area contributed by atoms with E-state index in [1.54, 1.807) is 42.5 Å². The number of carbonyl (C=O) groups excluding carboxylic acids is 2. The molecule has 3 aromatic rings. The fraction of sp³-hybridized carbons (Fsp3) is 0. The summed E-state index contributed by atoms with van der Waals surface area (Å²) >= 11 is 7.12. The molecule has 4 rings (SSSR count). The molecular weight excluding hydrogens is 404 g/mol. The molecule has 0 bridgehead atoms. The molecule has 1 aliphatic rings. The molecule has 0 saturated carbocycles. The van der Waals surface area contributed by atoms with E-state index in [-0.39, 0.29) is 5.91 Å². The zero-order chi connectivity index (χ0) is 20.2. The van der Waals surface area contributed by atoms with Gasteiger partial charge in [0.25, 0.3) is 11.8 Å². The molecular formula is C23H15ClN2O2S. The van der Waals surface area contributed by atoms with Crippen molar-refractivity contribution in [3.05, 3.63) is 106 Å². The van der Waals surface area contributed by atoms with E-state index in [0.29, 0.717) is 26.3 Å². The van der Waals surface area contributed by atoms with Crippen molar-refractivity contribution in [1.82, 2.24) is 0 Å². The van der Waals surface area contributed by atoms with E-state index in [9.17, 15) is 9.59 Å². The minimum Gasteiger partial charge on any atom is -0.268 e. The predicted octanol–water partition coefficient (Wildman–Crippen LogP) is 5.66. The van der Waals surface area contributed by atoms with Crippen LogP contribution in [0.1, 0.15) is 15.9 Å². The number of thioether (sulfide) groups is 1. The van der Waals surface area contributed by atoms with Gasteiger partial charge in [0.2, 0.25) is 0 Å². The van der Waals surface area contributed by atoms with E-state index < -0.39 is 5.91 Å². The number of halogens is 1. The Morgan fingerprint density at radius 3 is 2.17 bits per heavy atom. The van der Waals surface area contributed by atoms with Gasteiger partial charge in [0.15, 0.2) is 5.17 Å². The largest absolute Gasteiger partial charge is 0.279 e. The van der Waals surface area contributed by atoms with Gasteiger partial charge < -0.3 is 0 Å². The summed E-state index contributed by atoms with van der Waals surface area (Å²) < 4.78 is 0. The van der Waals surface area contributed by atoms with Crippen LogP contribution in [0.5, 0.6) is 0 Å². The van der Waals surface area contributed by atoms with Crippen LogP contribution >= 0.6 is 23.4 Å². The van der Waals surface area contributed by atoms with Gasteiger partial charge in [-0.25, -0.2) is 0 Å². The number of benzene rings is 3. The van der Waals surface area contributed by atoms with E-state index in [2.05, 4.69) is 4.99 Å². The first kappa shape index (κ1) is 19.2. The van der Waals surface area contributed by atoms with E-state index >= 15 is 0 Å². The monoisotopic (exact) mass is 418 g/mol. The number of rotatable bonds is 3. The Labute approximate surface area is 177 Å². The molecule has 1 fully saturated rings. The molecule has 0 radical (unpaired) electrons. The zero-order valence-electron chi connectivity index (χ0n) is 15.2. The topological polar surface area (TPSA) is 49.7 Å². The molecule has 2 amide bonds. The zero-order valence-corrected chi connectivity index (χ0v) is 16.7. The van der Waals surface area contributed by atoms with Crippen LogP contribution in [0.15, 0.2) is 94.8 Å². The number of para-hydroxylation sites is 1. The SMILES string of the molecule is O=C(N=C1S/C(=C/c2ccc(Cl)cc2)C(=O)N1c1ccccc1)c1ccccc1. The summed E-state index contributed by atoms with van der Waals surface area (Å²) in [4.78, 5) is 31.9. The Morgan fingerprint density at radius 1 is 0.897 bits per heavy atom. The summed E-state index contributed by atoms with van der Waals surface area (Å²) in [7, 11) is 0. The van der Waals surface area contributed by atoms with Crippen LogP contribution < -0.4 is 4.90 Å². The molecule has 0 aliphatic carbocycles. The number of carbonyl (C=O) groups is 2. The molecule has 1 heterocycles. The van der Waals surface area contributed by atoms with E-state index in [0.717, 1.165) is 5.56 Å². The lowest BCUT2D eigenvalue weighted by atomic mass is 10.2. The molecule has 1 saturated heterocycles. The minimum absolute atomic E-state index is 0.226. The van der Waals surface area contributed by atoms with Crippen LogP contribution in [-0.4, -0.2) is 17.0 Å². The minimum atomic E-state index is -0.394. The Hall–Kier alpha value is -3.15. The maximum atomic E-state index is 13.1. The first-order chi connectivity index (χ1) is 14.1. The molecule has 0 unspecified atom stereocenters. The van der Waals surface area contributed by atoms with E-state index in [1.165, 1.54) is 16.7 Å². The predicted molar refractivity (Wildman–Crippen MR) is 119 cm³/mol. The second kappa shape index (κ2) is 8.47. The molecule has 0 atom stereocenters. The highest BCUT2D eigenvalue weighted by atomic mass is 35.5. The van der Waals surface area contributed by atoms with E-state index in [4.69, 9.17) is 11.6 Å². The summed E-state index contributed by atoms with van der Waals surface area (Å²) in [5.41, 5.74) is 1.97. The van der Waals surface area contributed by atoms with Crippen LogP contribution in [0, 0.1) is 0 Å². The quantitative estimate of drug-likeness (QED) is 0.516. The smallest absolute Gasteiger partial charge is 0.268 e. The Morgan fingerprint density at radius 2 is 1.52 bits per heavy atom. The van der Waals surface area contributed by atoms with Crippen molar-refractivity contribution in [2.45, 2.75) is 0 Å². The normalized spacial score (nSPS) is 16.6. The second-order valence-corrected chi connectivity index (χ2v) is 7.65. The summed E-state index contributed by atoms with van der Waals surface area (Å²) in [5, 5.41) is 0.953. The van der Waals surface area contributed by atoms with Gasteiger partial charge in [-0.2, -0.15) is 4.99 Å². The van der Waals surface area contributed by atoms with Gasteiger partial charge in [0.05, 0.1) is 10.6 Å². The molecule has 3 aromatic carbocycles. The maximum absolute atomic E-state index is 13.1. The van der Waals surface area contributed by atoms with Crippen molar-refractivity contribution in [3.8, 4) is 0 Å². The molecule has 0 N–H and O–H groups in total. The van der Waals surface area contributed by atoms with Gasteiger partial charge >= 0.3 is 0 Å². The van der Waals surface area contributed by atoms with Crippen LogP contribution in [0.2, 0.25) is 5.02 Å². The maximum Gasteiger partial charge on any atom is 0.279 e. The third-order valence-corrected chi connectivity index (χ3v) is 5.43. The number of aliphatic imine (C=N–C) groups is 1. The van der Waals surface area contributed by atoms with Crippen molar-refractivity contribution in [3.63, 3.8) is 0 Å². The van der Waals surface area contributed by atoms with Gasteiger partial charge in [0.1, 0.15) is 0 Å². The highest BCUT2D eigenvalue weighted by Gasteiger charge is 2.35. The number of amidine groups is 1. The molecule has 0 spiro atoms.